The summed E-state index contributed by atoms with van der Waals surface area (Å²) in [5, 5.41) is 0. The highest BCUT2D eigenvalue weighted by atomic mass is 16.5. The van der Waals surface area contributed by atoms with E-state index in [1.54, 1.807) is 7.11 Å². The summed E-state index contributed by atoms with van der Waals surface area (Å²) in [6.45, 7) is 7.76. The van der Waals surface area contributed by atoms with Crippen LogP contribution in [-0.2, 0) is 6.54 Å². The molecular formula is C22H26N2O2. The maximum absolute atomic E-state index is 5.93. The molecule has 136 valence electrons. The molecule has 0 saturated carbocycles. The topological polar surface area (TPSA) is 36.3 Å². The average Bonchev–Trinajstić information content (AvgIpc) is 3.02. The standard InChI is InChI=1S/C22H26N2O2/c1-5-7-18-8-9-21(22(14-18)25-4)26-11-6-10-24-15-23-19-12-16(2)17(3)13-20(19)24/h5,7-9,12-15H,6,10-11H2,1-4H3. The first-order chi connectivity index (χ1) is 12.6. The highest BCUT2D eigenvalue weighted by Crippen LogP contribution is 2.28. The van der Waals surface area contributed by atoms with Crippen LogP contribution in [0.15, 0.2) is 42.7 Å². The molecule has 1 heterocycles. The van der Waals surface area contributed by atoms with Crippen LogP contribution in [0.1, 0.15) is 30.0 Å². The zero-order valence-electron chi connectivity index (χ0n) is 16.0. The van der Waals surface area contributed by atoms with E-state index in [4.69, 9.17) is 9.47 Å². The fraction of sp³-hybridized carbons (Fsp3) is 0.318. The van der Waals surface area contributed by atoms with E-state index in [1.165, 1.54) is 16.6 Å². The van der Waals surface area contributed by atoms with Crippen LogP contribution in [0.4, 0.5) is 0 Å². The number of aromatic nitrogens is 2. The van der Waals surface area contributed by atoms with Crippen molar-refractivity contribution in [1.29, 1.82) is 0 Å². The number of fused-ring (bicyclic) bond motifs is 1. The summed E-state index contributed by atoms with van der Waals surface area (Å²) in [7, 11) is 1.67. The highest BCUT2D eigenvalue weighted by molar-refractivity contribution is 5.77. The van der Waals surface area contributed by atoms with E-state index in [2.05, 4.69) is 35.5 Å². The summed E-state index contributed by atoms with van der Waals surface area (Å²) in [6, 6.07) is 10.3. The Hall–Kier alpha value is -2.75. The van der Waals surface area contributed by atoms with Crippen LogP contribution in [0.25, 0.3) is 17.1 Å². The third-order valence-corrected chi connectivity index (χ3v) is 4.58. The second-order valence-corrected chi connectivity index (χ2v) is 6.48. The minimum absolute atomic E-state index is 0.629. The number of methoxy groups -OCH3 is 1. The summed E-state index contributed by atoms with van der Waals surface area (Å²) < 4.78 is 13.6. The monoisotopic (exact) mass is 350 g/mol. The average molecular weight is 350 g/mol. The Kier molecular flexibility index (Phi) is 5.61. The summed E-state index contributed by atoms with van der Waals surface area (Å²) >= 11 is 0. The van der Waals surface area contributed by atoms with Gasteiger partial charge in [-0.05, 0) is 68.1 Å². The number of aryl methyl sites for hydroxylation is 3. The molecular weight excluding hydrogens is 324 g/mol. The molecule has 0 amide bonds. The number of rotatable bonds is 7. The lowest BCUT2D eigenvalue weighted by Crippen LogP contribution is -2.04. The largest absolute Gasteiger partial charge is 0.493 e. The van der Waals surface area contributed by atoms with Gasteiger partial charge in [-0.15, -0.1) is 0 Å². The maximum atomic E-state index is 5.93. The van der Waals surface area contributed by atoms with Crippen molar-refractivity contribution >= 4 is 17.1 Å². The van der Waals surface area contributed by atoms with Gasteiger partial charge < -0.3 is 14.0 Å². The first kappa shape index (κ1) is 18.1. The number of benzene rings is 2. The SMILES string of the molecule is CC=Cc1ccc(OCCCn2cnc3cc(C)c(C)cc32)c(OC)c1. The van der Waals surface area contributed by atoms with E-state index in [0.29, 0.717) is 6.61 Å². The van der Waals surface area contributed by atoms with E-state index in [-0.39, 0.29) is 0 Å². The number of hydrogen-bond donors (Lipinski definition) is 0. The third kappa shape index (κ3) is 3.90. The van der Waals surface area contributed by atoms with Gasteiger partial charge in [0.05, 0.1) is 31.1 Å². The Balaban J connectivity index is 1.62. The summed E-state index contributed by atoms with van der Waals surface area (Å²) in [4.78, 5) is 4.51. The fourth-order valence-electron chi connectivity index (χ4n) is 3.01. The molecule has 0 spiro atoms. The number of nitrogens with zero attached hydrogens (tertiary/aromatic N) is 2. The molecule has 0 aliphatic heterocycles. The van der Waals surface area contributed by atoms with Gasteiger partial charge in [-0.25, -0.2) is 4.98 Å². The Morgan fingerprint density at radius 1 is 1.08 bits per heavy atom. The van der Waals surface area contributed by atoms with Crippen LogP contribution in [0, 0.1) is 13.8 Å². The summed E-state index contributed by atoms with van der Waals surface area (Å²) in [6.07, 6.45) is 6.86. The van der Waals surface area contributed by atoms with Crippen LogP contribution < -0.4 is 9.47 Å². The lowest BCUT2D eigenvalue weighted by molar-refractivity contribution is 0.283. The molecule has 0 atom stereocenters. The van der Waals surface area contributed by atoms with Gasteiger partial charge in [0.15, 0.2) is 11.5 Å². The number of allylic oxidation sites excluding steroid dienone is 1. The summed E-state index contributed by atoms with van der Waals surface area (Å²) in [5.41, 5.74) is 5.91. The van der Waals surface area contributed by atoms with Gasteiger partial charge in [-0.2, -0.15) is 0 Å². The molecule has 26 heavy (non-hydrogen) atoms. The van der Waals surface area contributed by atoms with Crippen molar-refractivity contribution < 1.29 is 9.47 Å². The highest BCUT2D eigenvalue weighted by Gasteiger charge is 2.07. The maximum Gasteiger partial charge on any atom is 0.161 e. The van der Waals surface area contributed by atoms with Gasteiger partial charge in [-0.3, -0.25) is 0 Å². The van der Waals surface area contributed by atoms with Gasteiger partial charge in [0.25, 0.3) is 0 Å². The molecule has 2 aromatic carbocycles. The van der Waals surface area contributed by atoms with E-state index >= 15 is 0 Å². The second-order valence-electron chi connectivity index (χ2n) is 6.48. The normalized spacial score (nSPS) is 11.4. The quantitative estimate of drug-likeness (QED) is 0.552. The van der Waals surface area contributed by atoms with Gasteiger partial charge >= 0.3 is 0 Å². The molecule has 0 aliphatic carbocycles. The molecule has 1 aromatic heterocycles. The second kappa shape index (κ2) is 8.09. The number of imidazole rings is 1. The molecule has 3 aromatic rings. The van der Waals surface area contributed by atoms with Crippen molar-refractivity contribution in [3.05, 3.63) is 59.4 Å². The smallest absolute Gasteiger partial charge is 0.161 e. The molecule has 0 saturated heterocycles. The molecule has 0 radical (unpaired) electrons. The molecule has 0 fully saturated rings. The molecule has 0 N–H and O–H groups in total. The zero-order valence-corrected chi connectivity index (χ0v) is 16.0. The molecule has 3 rings (SSSR count). The van der Waals surface area contributed by atoms with E-state index in [9.17, 15) is 0 Å². The Morgan fingerprint density at radius 3 is 2.65 bits per heavy atom. The van der Waals surface area contributed by atoms with Crippen LogP contribution in [-0.4, -0.2) is 23.3 Å². The Labute approximate surface area is 155 Å². The molecule has 4 heteroatoms. The van der Waals surface area contributed by atoms with Crippen molar-refractivity contribution in [2.45, 2.75) is 33.7 Å². The van der Waals surface area contributed by atoms with E-state index in [0.717, 1.165) is 35.5 Å². The van der Waals surface area contributed by atoms with Crippen molar-refractivity contribution in [2.24, 2.45) is 0 Å². The van der Waals surface area contributed by atoms with Gasteiger partial charge in [0.2, 0.25) is 0 Å². The molecule has 0 unspecified atom stereocenters. The first-order valence-corrected chi connectivity index (χ1v) is 8.98. The zero-order chi connectivity index (χ0) is 18.5. The third-order valence-electron chi connectivity index (χ3n) is 4.58. The summed E-state index contributed by atoms with van der Waals surface area (Å²) in [5.74, 6) is 1.54. The van der Waals surface area contributed by atoms with Crippen LogP contribution in [0.3, 0.4) is 0 Å². The molecule has 0 aliphatic rings. The first-order valence-electron chi connectivity index (χ1n) is 8.98. The molecule has 0 bridgehead atoms. The predicted molar refractivity (Wildman–Crippen MR) is 107 cm³/mol. The predicted octanol–water partition coefficient (Wildman–Crippen LogP) is 5.16. The Bertz CT molecular complexity index is 925. The van der Waals surface area contributed by atoms with Crippen LogP contribution >= 0.6 is 0 Å². The minimum Gasteiger partial charge on any atom is -0.493 e. The fourth-order valence-corrected chi connectivity index (χ4v) is 3.01. The number of ether oxygens (including phenoxy) is 2. The van der Waals surface area contributed by atoms with Gasteiger partial charge in [0, 0.05) is 6.54 Å². The van der Waals surface area contributed by atoms with Crippen molar-refractivity contribution in [2.75, 3.05) is 13.7 Å². The van der Waals surface area contributed by atoms with E-state index in [1.807, 2.05) is 43.6 Å². The number of hydrogen-bond acceptors (Lipinski definition) is 3. The lowest BCUT2D eigenvalue weighted by atomic mass is 10.1. The Morgan fingerprint density at radius 2 is 1.88 bits per heavy atom. The van der Waals surface area contributed by atoms with Crippen molar-refractivity contribution in [1.82, 2.24) is 9.55 Å². The lowest BCUT2D eigenvalue weighted by Gasteiger charge is -2.12. The van der Waals surface area contributed by atoms with Crippen LogP contribution in [0.5, 0.6) is 11.5 Å². The van der Waals surface area contributed by atoms with Crippen LogP contribution in [0.2, 0.25) is 0 Å². The van der Waals surface area contributed by atoms with Crippen molar-refractivity contribution in [3.63, 3.8) is 0 Å². The van der Waals surface area contributed by atoms with E-state index < -0.39 is 0 Å². The van der Waals surface area contributed by atoms with Gasteiger partial charge in [-0.1, -0.05) is 18.2 Å². The van der Waals surface area contributed by atoms with Gasteiger partial charge in [0.1, 0.15) is 0 Å². The van der Waals surface area contributed by atoms with Crippen molar-refractivity contribution in [3.8, 4) is 11.5 Å². The minimum atomic E-state index is 0.629. The molecule has 4 nitrogen and oxygen atoms in total.